The quantitative estimate of drug-likeness (QED) is 0.279. The Bertz CT molecular complexity index is 422. The van der Waals surface area contributed by atoms with Crippen LogP contribution in [0.3, 0.4) is 0 Å². The van der Waals surface area contributed by atoms with Gasteiger partial charge < -0.3 is 15.1 Å². The van der Waals surface area contributed by atoms with Crippen LogP contribution in [-0.4, -0.2) is 51.6 Å². The number of aliphatic imine (C=N–C) groups is 1. The van der Waals surface area contributed by atoms with Crippen molar-refractivity contribution in [1.29, 1.82) is 0 Å². The Labute approximate surface area is 159 Å². The molecule has 0 spiro atoms. The van der Waals surface area contributed by atoms with Gasteiger partial charge in [-0.1, -0.05) is 31.5 Å². The van der Waals surface area contributed by atoms with Crippen LogP contribution in [0.1, 0.15) is 32.6 Å². The Morgan fingerprint density at radius 1 is 1.04 bits per heavy atom. The highest BCUT2D eigenvalue weighted by molar-refractivity contribution is 14.0. The van der Waals surface area contributed by atoms with Crippen LogP contribution in [0.25, 0.3) is 0 Å². The van der Waals surface area contributed by atoms with Crippen molar-refractivity contribution in [1.82, 2.24) is 10.2 Å². The largest absolute Gasteiger partial charge is 0.375 e. The highest BCUT2D eigenvalue weighted by Crippen LogP contribution is 2.11. The fraction of sp³-hybridized carbons (Fsp3) is 0.611. The molecular weight excluding hydrogens is 399 g/mol. The van der Waals surface area contributed by atoms with Crippen LogP contribution in [0.5, 0.6) is 0 Å². The Morgan fingerprint density at radius 2 is 1.74 bits per heavy atom. The lowest BCUT2D eigenvalue weighted by Crippen LogP contribution is -2.39. The van der Waals surface area contributed by atoms with Crippen LogP contribution in [0.4, 0.5) is 5.69 Å². The van der Waals surface area contributed by atoms with E-state index >= 15 is 0 Å². The average molecular weight is 432 g/mol. The molecule has 0 saturated carbocycles. The maximum atomic E-state index is 4.34. The molecule has 0 aromatic heterocycles. The summed E-state index contributed by atoms with van der Waals surface area (Å²) in [5.41, 5.74) is 1.28. The minimum absolute atomic E-state index is 0. The van der Waals surface area contributed by atoms with Gasteiger partial charge in [-0.3, -0.25) is 4.99 Å². The zero-order valence-corrected chi connectivity index (χ0v) is 17.4. The van der Waals surface area contributed by atoms with Crippen molar-refractivity contribution in [2.24, 2.45) is 4.99 Å². The first kappa shape index (κ1) is 22.0. The highest BCUT2D eigenvalue weighted by Gasteiger charge is 2.04. The molecule has 0 amide bonds. The number of unbranched alkanes of at least 4 members (excludes halogenated alkanes) is 2. The van der Waals surface area contributed by atoms with E-state index in [0.29, 0.717) is 0 Å². The van der Waals surface area contributed by atoms with E-state index in [4.69, 9.17) is 0 Å². The number of halogens is 1. The standard InChI is InChI=1S/C18H32N4.HI/c1-5-6-15-22(4)18(19-2)20-14-10-11-16-21(3)17-12-8-7-9-13-17;/h7-9,12-13H,5-6,10-11,14-16H2,1-4H3,(H,19,20);1H. The van der Waals surface area contributed by atoms with Gasteiger partial charge in [-0.05, 0) is 31.4 Å². The lowest BCUT2D eigenvalue weighted by Gasteiger charge is -2.22. The average Bonchev–Trinajstić information content (AvgIpc) is 2.56. The van der Waals surface area contributed by atoms with Crippen molar-refractivity contribution in [3.63, 3.8) is 0 Å². The second-order valence-electron chi connectivity index (χ2n) is 5.71. The number of nitrogens with zero attached hydrogens (tertiary/aromatic N) is 3. The minimum Gasteiger partial charge on any atom is -0.375 e. The fourth-order valence-corrected chi connectivity index (χ4v) is 2.37. The summed E-state index contributed by atoms with van der Waals surface area (Å²) in [6, 6.07) is 10.5. The third kappa shape index (κ3) is 9.03. The van der Waals surface area contributed by atoms with Gasteiger partial charge in [-0.25, -0.2) is 0 Å². The van der Waals surface area contributed by atoms with Gasteiger partial charge >= 0.3 is 0 Å². The molecular formula is C18H33IN4. The van der Waals surface area contributed by atoms with E-state index in [9.17, 15) is 0 Å². The fourth-order valence-electron chi connectivity index (χ4n) is 2.37. The monoisotopic (exact) mass is 432 g/mol. The third-order valence-electron chi connectivity index (χ3n) is 3.82. The van der Waals surface area contributed by atoms with Gasteiger partial charge in [0.1, 0.15) is 0 Å². The lowest BCUT2D eigenvalue weighted by atomic mass is 10.2. The van der Waals surface area contributed by atoms with Gasteiger partial charge in [0.15, 0.2) is 5.96 Å². The number of hydrogen-bond donors (Lipinski definition) is 1. The molecule has 0 aliphatic rings. The van der Waals surface area contributed by atoms with Gasteiger partial charge in [0.2, 0.25) is 0 Å². The van der Waals surface area contributed by atoms with Gasteiger partial charge in [0, 0.05) is 46.5 Å². The minimum atomic E-state index is 0. The topological polar surface area (TPSA) is 30.9 Å². The molecule has 1 rings (SSSR count). The number of guanidine groups is 1. The number of benzene rings is 1. The second-order valence-corrected chi connectivity index (χ2v) is 5.71. The Kier molecular flexibility index (Phi) is 12.9. The first-order valence-corrected chi connectivity index (χ1v) is 8.37. The lowest BCUT2D eigenvalue weighted by molar-refractivity contribution is 0.463. The second kappa shape index (κ2) is 13.5. The molecule has 0 unspecified atom stereocenters. The summed E-state index contributed by atoms with van der Waals surface area (Å²) in [5.74, 6) is 1.00. The van der Waals surface area contributed by atoms with Crippen molar-refractivity contribution >= 4 is 35.6 Å². The number of nitrogens with one attached hydrogen (secondary N) is 1. The molecule has 0 aliphatic heterocycles. The number of hydrogen-bond acceptors (Lipinski definition) is 2. The Balaban J connectivity index is 0.00000484. The highest BCUT2D eigenvalue weighted by atomic mass is 127. The SMILES string of the molecule is CCCCN(C)C(=NC)NCCCCN(C)c1ccccc1.I. The van der Waals surface area contributed by atoms with Crippen LogP contribution in [0.15, 0.2) is 35.3 Å². The van der Waals surface area contributed by atoms with E-state index in [0.717, 1.165) is 32.0 Å². The molecule has 1 aromatic carbocycles. The van der Waals surface area contributed by atoms with E-state index in [2.05, 4.69) is 71.5 Å². The Hall–Kier alpha value is -0.980. The molecule has 0 atom stereocenters. The molecule has 23 heavy (non-hydrogen) atoms. The third-order valence-corrected chi connectivity index (χ3v) is 3.82. The maximum absolute atomic E-state index is 4.34. The Morgan fingerprint density at radius 3 is 2.35 bits per heavy atom. The normalized spacial score (nSPS) is 10.9. The van der Waals surface area contributed by atoms with E-state index in [1.165, 1.54) is 24.9 Å². The summed E-state index contributed by atoms with van der Waals surface area (Å²) in [6.07, 6.45) is 4.75. The summed E-state index contributed by atoms with van der Waals surface area (Å²) in [7, 11) is 6.11. The summed E-state index contributed by atoms with van der Waals surface area (Å²) < 4.78 is 0. The van der Waals surface area contributed by atoms with Gasteiger partial charge in [-0.2, -0.15) is 0 Å². The molecule has 1 aromatic rings. The van der Waals surface area contributed by atoms with Crippen molar-refractivity contribution in [3.8, 4) is 0 Å². The molecule has 1 N–H and O–H groups in total. The van der Waals surface area contributed by atoms with Crippen molar-refractivity contribution in [2.75, 3.05) is 45.7 Å². The maximum Gasteiger partial charge on any atom is 0.193 e. The number of para-hydroxylation sites is 1. The molecule has 0 bridgehead atoms. The van der Waals surface area contributed by atoms with E-state index in [-0.39, 0.29) is 24.0 Å². The van der Waals surface area contributed by atoms with Crippen LogP contribution in [0.2, 0.25) is 0 Å². The molecule has 5 heteroatoms. The van der Waals surface area contributed by atoms with Crippen molar-refractivity contribution < 1.29 is 0 Å². The number of rotatable bonds is 9. The summed E-state index contributed by atoms with van der Waals surface area (Å²) >= 11 is 0. The van der Waals surface area contributed by atoms with Gasteiger partial charge in [-0.15, -0.1) is 24.0 Å². The van der Waals surface area contributed by atoms with E-state index in [1.807, 2.05) is 7.05 Å². The molecule has 0 radical (unpaired) electrons. The van der Waals surface area contributed by atoms with Crippen LogP contribution < -0.4 is 10.2 Å². The van der Waals surface area contributed by atoms with Crippen LogP contribution >= 0.6 is 24.0 Å². The van der Waals surface area contributed by atoms with Gasteiger partial charge in [0.05, 0.1) is 0 Å². The van der Waals surface area contributed by atoms with Crippen LogP contribution in [-0.2, 0) is 0 Å². The van der Waals surface area contributed by atoms with Crippen LogP contribution in [0, 0.1) is 0 Å². The van der Waals surface area contributed by atoms with Gasteiger partial charge in [0.25, 0.3) is 0 Å². The molecule has 0 saturated heterocycles. The molecule has 4 nitrogen and oxygen atoms in total. The first-order chi connectivity index (χ1) is 10.7. The molecule has 0 aliphatic carbocycles. The predicted octanol–water partition coefficient (Wildman–Crippen LogP) is 3.83. The van der Waals surface area contributed by atoms with Crippen molar-refractivity contribution in [2.45, 2.75) is 32.6 Å². The summed E-state index contributed by atoms with van der Waals surface area (Å²) in [5, 5.41) is 3.45. The molecule has 132 valence electrons. The zero-order chi connectivity index (χ0) is 16.2. The first-order valence-electron chi connectivity index (χ1n) is 8.37. The smallest absolute Gasteiger partial charge is 0.193 e. The van der Waals surface area contributed by atoms with E-state index in [1.54, 1.807) is 0 Å². The predicted molar refractivity (Wildman–Crippen MR) is 113 cm³/mol. The summed E-state index contributed by atoms with van der Waals surface area (Å²) in [6.45, 7) is 5.34. The van der Waals surface area contributed by atoms with Crippen molar-refractivity contribution in [3.05, 3.63) is 30.3 Å². The number of anilines is 1. The summed E-state index contributed by atoms with van der Waals surface area (Å²) in [4.78, 5) is 8.86. The zero-order valence-electron chi connectivity index (χ0n) is 15.1. The molecule has 0 fully saturated rings. The van der Waals surface area contributed by atoms with E-state index < -0.39 is 0 Å². The molecule has 0 heterocycles.